The van der Waals surface area contributed by atoms with Gasteiger partial charge in [0, 0.05) is 25.2 Å². The molecule has 0 bridgehead atoms. The quantitative estimate of drug-likeness (QED) is 0.673. The molecular formula is C15H14F3N3O2. The Morgan fingerprint density at radius 2 is 1.78 bits per heavy atom. The molecule has 2 aromatic rings. The summed E-state index contributed by atoms with van der Waals surface area (Å²) in [5.41, 5.74) is 1.42. The summed E-state index contributed by atoms with van der Waals surface area (Å²) >= 11 is 0. The second-order valence-electron chi connectivity index (χ2n) is 5.01. The van der Waals surface area contributed by atoms with Gasteiger partial charge in [0.2, 0.25) is 0 Å². The Kier molecular flexibility index (Phi) is 4.55. The average Bonchev–Trinajstić information content (AvgIpc) is 2.53. The lowest BCUT2D eigenvalue weighted by molar-refractivity contribution is -0.137. The zero-order valence-corrected chi connectivity index (χ0v) is 12.3. The van der Waals surface area contributed by atoms with E-state index < -0.39 is 17.6 Å². The van der Waals surface area contributed by atoms with Gasteiger partial charge in [-0.2, -0.15) is 13.2 Å². The summed E-state index contributed by atoms with van der Waals surface area (Å²) in [5.74, 6) is -0.533. The Bertz CT molecular complexity index is 713. The first-order valence-electron chi connectivity index (χ1n) is 6.54. The molecule has 0 aliphatic heterocycles. The lowest BCUT2D eigenvalue weighted by Gasteiger charge is -2.16. The fourth-order valence-corrected chi connectivity index (χ4v) is 1.91. The molecule has 122 valence electrons. The number of hydrogen-bond acceptors (Lipinski definition) is 4. The van der Waals surface area contributed by atoms with Crippen LogP contribution < -0.4 is 10.4 Å². The van der Waals surface area contributed by atoms with Crippen molar-refractivity contribution in [3.63, 3.8) is 0 Å². The van der Waals surface area contributed by atoms with E-state index in [0.717, 1.165) is 12.1 Å². The van der Waals surface area contributed by atoms with E-state index in [1.54, 1.807) is 14.1 Å². The van der Waals surface area contributed by atoms with Gasteiger partial charge in [0.1, 0.15) is 5.82 Å². The third-order valence-electron chi connectivity index (χ3n) is 3.14. The number of aromatic nitrogens is 1. The van der Waals surface area contributed by atoms with Crippen LogP contribution in [-0.2, 0) is 6.18 Å². The maximum Gasteiger partial charge on any atom is 0.416 e. The van der Waals surface area contributed by atoms with Gasteiger partial charge in [-0.15, -0.1) is 0 Å². The Morgan fingerprint density at radius 1 is 1.17 bits per heavy atom. The monoisotopic (exact) mass is 325 g/mol. The van der Waals surface area contributed by atoms with Crippen molar-refractivity contribution in [2.75, 3.05) is 19.0 Å². The predicted octanol–water partition coefficient (Wildman–Crippen LogP) is 2.95. The molecule has 1 amide bonds. The van der Waals surface area contributed by atoms with Crippen LogP contribution in [0.25, 0.3) is 11.3 Å². The molecule has 23 heavy (non-hydrogen) atoms. The lowest BCUT2D eigenvalue weighted by atomic mass is 10.1. The summed E-state index contributed by atoms with van der Waals surface area (Å²) in [5, 5.41) is 8.56. The number of nitrogens with one attached hydrogen (secondary N) is 1. The summed E-state index contributed by atoms with van der Waals surface area (Å²) in [7, 11) is 3.20. The van der Waals surface area contributed by atoms with E-state index >= 15 is 0 Å². The maximum atomic E-state index is 13.0. The Hall–Kier alpha value is -2.61. The number of carbonyl (C=O) groups is 1. The molecule has 5 nitrogen and oxygen atoms in total. The lowest BCUT2D eigenvalue weighted by Crippen LogP contribution is -2.18. The van der Waals surface area contributed by atoms with E-state index in [1.807, 2.05) is 0 Å². The van der Waals surface area contributed by atoms with E-state index in [4.69, 9.17) is 5.21 Å². The molecule has 0 aliphatic rings. The van der Waals surface area contributed by atoms with Crippen molar-refractivity contribution in [2.24, 2.45) is 0 Å². The van der Waals surface area contributed by atoms with Crippen LogP contribution in [0.2, 0.25) is 0 Å². The summed E-state index contributed by atoms with van der Waals surface area (Å²) in [6, 6.07) is 7.63. The topological polar surface area (TPSA) is 65.5 Å². The zero-order chi connectivity index (χ0) is 17.2. The highest BCUT2D eigenvalue weighted by molar-refractivity contribution is 5.93. The normalized spacial score (nSPS) is 11.2. The minimum absolute atomic E-state index is 0.138. The Labute approximate surface area is 130 Å². The second kappa shape index (κ2) is 6.25. The van der Waals surface area contributed by atoms with Gasteiger partial charge < -0.3 is 4.90 Å². The van der Waals surface area contributed by atoms with Gasteiger partial charge in [0.15, 0.2) is 0 Å². The van der Waals surface area contributed by atoms with Crippen LogP contribution in [0.15, 0.2) is 36.4 Å². The second-order valence-corrected chi connectivity index (χ2v) is 5.01. The third kappa shape index (κ3) is 3.78. The van der Waals surface area contributed by atoms with Gasteiger partial charge in [0.25, 0.3) is 5.91 Å². The van der Waals surface area contributed by atoms with Gasteiger partial charge in [-0.3, -0.25) is 10.0 Å². The van der Waals surface area contributed by atoms with Gasteiger partial charge in [-0.1, -0.05) is 12.1 Å². The molecule has 0 saturated carbocycles. The molecule has 0 aliphatic carbocycles. The fraction of sp³-hybridized carbons (Fsp3) is 0.200. The molecular weight excluding hydrogens is 311 g/mol. The number of carbonyl (C=O) groups excluding carboxylic acids is 1. The molecule has 0 unspecified atom stereocenters. The third-order valence-corrected chi connectivity index (χ3v) is 3.14. The number of rotatable bonds is 3. The smallest absolute Gasteiger partial charge is 0.363 e. The number of amides is 1. The van der Waals surface area contributed by atoms with E-state index in [9.17, 15) is 18.0 Å². The van der Waals surface area contributed by atoms with Crippen molar-refractivity contribution in [3.8, 4) is 11.3 Å². The molecule has 1 aromatic heterocycles. The molecule has 0 radical (unpaired) electrons. The van der Waals surface area contributed by atoms with E-state index in [1.165, 1.54) is 34.6 Å². The van der Waals surface area contributed by atoms with E-state index in [-0.39, 0.29) is 17.1 Å². The average molecular weight is 325 g/mol. The predicted molar refractivity (Wildman–Crippen MR) is 78.3 cm³/mol. The Morgan fingerprint density at radius 3 is 2.26 bits per heavy atom. The number of hydroxylamine groups is 1. The summed E-state index contributed by atoms with van der Waals surface area (Å²) in [4.78, 5) is 16.9. The summed E-state index contributed by atoms with van der Waals surface area (Å²) in [6.45, 7) is 0. The maximum absolute atomic E-state index is 13.0. The zero-order valence-electron chi connectivity index (χ0n) is 12.3. The minimum atomic E-state index is -4.49. The van der Waals surface area contributed by atoms with Crippen molar-refractivity contribution in [3.05, 3.63) is 47.5 Å². The first kappa shape index (κ1) is 16.8. The minimum Gasteiger partial charge on any atom is -0.363 e. The van der Waals surface area contributed by atoms with Gasteiger partial charge in [-0.05, 0) is 24.3 Å². The first-order chi connectivity index (χ1) is 10.7. The van der Waals surface area contributed by atoms with Crippen molar-refractivity contribution < 1.29 is 23.2 Å². The summed E-state index contributed by atoms with van der Waals surface area (Å²) < 4.78 is 39.0. The van der Waals surface area contributed by atoms with E-state index in [0.29, 0.717) is 5.56 Å². The van der Waals surface area contributed by atoms with Crippen LogP contribution in [-0.4, -0.2) is 30.2 Å². The number of halogens is 3. The standard InChI is InChI=1S/C15H14F3N3O2/c1-21(2)13-8-11(15(16,17)18)7-12(19-13)9-3-5-10(6-4-9)14(22)20-23/h3-8,23H,1-2H3,(H,20,22). The first-order valence-corrected chi connectivity index (χ1v) is 6.54. The van der Waals surface area contributed by atoms with Gasteiger partial charge in [0.05, 0.1) is 11.3 Å². The Balaban J connectivity index is 2.50. The van der Waals surface area contributed by atoms with Crippen molar-refractivity contribution in [1.82, 2.24) is 10.5 Å². The van der Waals surface area contributed by atoms with Crippen molar-refractivity contribution >= 4 is 11.7 Å². The molecule has 1 heterocycles. The van der Waals surface area contributed by atoms with Gasteiger partial charge >= 0.3 is 6.18 Å². The van der Waals surface area contributed by atoms with E-state index in [2.05, 4.69) is 4.98 Å². The molecule has 0 spiro atoms. The number of benzene rings is 1. The van der Waals surface area contributed by atoms with Crippen LogP contribution in [0.1, 0.15) is 15.9 Å². The van der Waals surface area contributed by atoms with Crippen LogP contribution in [0.5, 0.6) is 0 Å². The number of anilines is 1. The van der Waals surface area contributed by atoms with Crippen LogP contribution in [0.3, 0.4) is 0 Å². The van der Waals surface area contributed by atoms with Crippen molar-refractivity contribution in [1.29, 1.82) is 0 Å². The number of pyridine rings is 1. The molecule has 0 fully saturated rings. The molecule has 8 heteroatoms. The van der Waals surface area contributed by atoms with Crippen molar-refractivity contribution in [2.45, 2.75) is 6.18 Å². The highest BCUT2D eigenvalue weighted by Gasteiger charge is 2.32. The highest BCUT2D eigenvalue weighted by atomic mass is 19.4. The number of nitrogens with zero attached hydrogens (tertiary/aromatic N) is 2. The van der Waals surface area contributed by atoms with Crippen LogP contribution in [0.4, 0.5) is 19.0 Å². The fourth-order valence-electron chi connectivity index (χ4n) is 1.91. The largest absolute Gasteiger partial charge is 0.416 e. The highest BCUT2D eigenvalue weighted by Crippen LogP contribution is 2.33. The molecule has 2 rings (SSSR count). The SMILES string of the molecule is CN(C)c1cc(C(F)(F)F)cc(-c2ccc(C(=O)NO)cc2)n1. The van der Waals surface area contributed by atoms with Gasteiger partial charge in [-0.25, -0.2) is 10.5 Å². The summed E-state index contributed by atoms with van der Waals surface area (Å²) in [6.07, 6.45) is -4.49. The molecule has 0 saturated heterocycles. The number of alkyl halides is 3. The number of hydrogen-bond donors (Lipinski definition) is 2. The van der Waals surface area contributed by atoms with Crippen LogP contribution in [0, 0.1) is 0 Å². The molecule has 0 atom stereocenters. The van der Waals surface area contributed by atoms with Crippen LogP contribution >= 0.6 is 0 Å². The molecule has 1 aromatic carbocycles. The molecule has 2 N–H and O–H groups in total.